The molecule has 0 aliphatic carbocycles. The highest BCUT2D eigenvalue weighted by Gasteiger charge is 2.18. The van der Waals surface area contributed by atoms with Crippen molar-refractivity contribution < 1.29 is 5.11 Å². The third-order valence-electron chi connectivity index (χ3n) is 4.57. The van der Waals surface area contributed by atoms with Gasteiger partial charge in [0.15, 0.2) is 11.0 Å². The summed E-state index contributed by atoms with van der Waals surface area (Å²) in [6.45, 7) is 0.623. The normalized spacial score (nSPS) is 12.1. The van der Waals surface area contributed by atoms with Crippen molar-refractivity contribution in [2.75, 3.05) is 5.75 Å². The van der Waals surface area contributed by atoms with E-state index in [-0.39, 0.29) is 0 Å². The van der Waals surface area contributed by atoms with Crippen molar-refractivity contribution in [3.05, 3.63) is 101 Å². The van der Waals surface area contributed by atoms with Gasteiger partial charge in [0.1, 0.15) is 0 Å². The van der Waals surface area contributed by atoms with Gasteiger partial charge in [0.25, 0.3) is 0 Å². The van der Waals surface area contributed by atoms with Crippen LogP contribution < -0.4 is 0 Å². The molecule has 0 amide bonds. The van der Waals surface area contributed by atoms with Gasteiger partial charge in [-0.15, -0.1) is 10.2 Å². The maximum Gasteiger partial charge on any atom is 0.191 e. The van der Waals surface area contributed by atoms with Crippen molar-refractivity contribution in [3.63, 3.8) is 0 Å². The predicted octanol–water partition coefficient (Wildman–Crippen LogP) is 5.47. The topological polar surface area (TPSA) is 50.9 Å². The standard InChI is InChI=1S/C23H20ClN3OS/c24-20-14-8-7-13-19(20)22-25-26-23(27(22)15-17-9-3-1-4-10-17)29-16-21(28)18-11-5-2-6-12-18/h1-14,21,28H,15-16H2/t21-/m1/s1. The highest BCUT2D eigenvalue weighted by Crippen LogP contribution is 2.31. The third-order valence-corrected chi connectivity index (χ3v) is 5.94. The number of benzene rings is 3. The largest absolute Gasteiger partial charge is 0.388 e. The van der Waals surface area contributed by atoms with Gasteiger partial charge in [-0.2, -0.15) is 0 Å². The van der Waals surface area contributed by atoms with Crippen LogP contribution in [0.4, 0.5) is 0 Å². The summed E-state index contributed by atoms with van der Waals surface area (Å²) < 4.78 is 2.05. The van der Waals surface area contributed by atoms with E-state index in [9.17, 15) is 5.11 Å². The molecule has 0 fully saturated rings. The van der Waals surface area contributed by atoms with Gasteiger partial charge in [-0.25, -0.2) is 0 Å². The summed E-state index contributed by atoms with van der Waals surface area (Å²) in [4.78, 5) is 0. The summed E-state index contributed by atoms with van der Waals surface area (Å²) in [5.41, 5.74) is 2.87. The number of aromatic nitrogens is 3. The minimum atomic E-state index is -0.577. The van der Waals surface area contributed by atoms with Crippen LogP contribution >= 0.6 is 23.4 Å². The lowest BCUT2D eigenvalue weighted by Gasteiger charge is -2.13. The molecule has 0 unspecified atom stereocenters. The Bertz CT molecular complexity index is 1070. The Morgan fingerprint density at radius 2 is 1.52 bits per heavy atom. The van der Waals surface area contributed by atoms with Crippen LogP contribution in [-0.4, -0.2) is 25.6 Å². The van der Waals surface area contributed by atoms with Crippen LogP contribution in [0.2, 0.25) is 5.02 Å². The fourth-order valence-corrected chi connectivity index (χ4v) is 4.20. The summed E-state index contributed by atoms with van der Waals surface area (Å²) in [7, 11) is 0. The van der Waals surface area contributed by atoms with E-state index in [1.807, 2.05) is 72.8 Å². The zero-order valence-electron chi connectivity index (χ0n) is 15.6. The van der Waals surface area contributed by atoms with E-state index in [1.165, 1.54) is 11.8 Å². The lowest BCUT2D eigenvalue weighted by molar-refractivity contribution is 0.204. The molecule has 1 heterocycles. The summed E-state index contributed by atoms with van der Waals surface area (Å²) in [5.74, 6) is 1.20. The first-order valence-electron chi connectivity index (χ1n) is 9.30. The van der Waals surface area contributed by atoms with Crippen molar-refractivity contribution in [1.29, 1.82) is 0 Å². The van der Waals surface area contributed by atoms with Gasteiger partial charge in [-0.3, -0.25) is 4.57 Å². The minimum absolute atomic E-state index is 0.486. The number of hydrogen-bond acceptors (Lipinski definition) is 4. The molecular formula is C23H20ClN3OS. The van der Waals surface area contributed by atoms with Gasteiger partial charge < -0.3 is 5.11 Å². The van der Waals surface area contributed by atoms with Crippen molar-refractivity contribution in [2.24, 2.45) is 0 Å². The van der Waals surface area contributed by atoms with Gasteiger partial charge >= 0.3 is 0 Å². The van der Waals surface area contributed by atoms with Gasteiger partial charge in [-0.1, -0.05) is 96.2 Å². The maximum absolute atomic E-state index is 10.5. The molecule has 1 atom stereocenters. The fourth-order valence-electron chi connectivity index (χ4n) is 3.07. The average molecular weight is 422 g/mol. The average Bonchev–Trinajstić information content (AvgIpc) is 3.16. The highest BCUT2D eigenvalue weighted by atomic mass is 35.5. The van der Waals surface area contributed by atoms with E-state index in [4.69, 9.17) is 11.6 Å². The van der Waals surface area contributed by atoms with Crippen molar-refractivity contribution in [1.82, 2.24) is 14.8 Å². The monoisotopic (exact) mass is 421 g/mol. The number of nitrogens with zero attached hydrogens (tertiary/aromatic N) is 3. The third kappa shape index (κ3) is 4.70. The zero-order chi connectivity index (χ0) is 20.1. The number of thioether (sulfide) groups is 1. The van der Waals surface area contributed by atoms with E-state index in [0.717, 1.165) is 27.7 Å². The van der Waals surface area contributed by atoms with Gasteiger partial charge in [0.2, 0.25) is 0 Å². The van der Waals surface area contributed by atoms with Crippen LogP contribution in [0.15, 0.2) is 90.1 Å². The molecular weight excluding hydrogens is 402 g/mol. The molecule has 4 rings (SSSR count). The Kier molecular flexibility index (Phi) is 6.30. The molecule has 0 saturated heterocycles. The van der Waals surface area contributed by atoms with Crippen molar-refractivity contribution in [3.8, 4) is 11.4 Å². The van der Waals surface area contributed by atoms with Crippen LogP contribution in [0.3, 0.4) is 0 Å². The van der Waals surface area contributed by atoms with Crippen molar-refractivity contribution >= 4 is 23.4 Å². The molecule has 0 aliphatic rings. The molecule has 29 heavy (non-hydrogen) atoms. The SMILES string of the molecule is O[C@H](CSc1nnc(-c2ccccc2Cl)n1Cc1ccccc1)c1ccccc1. The molecule has 0 bridgehead atoms. The smallest absolute Gasteiger partial charge is 0.191 e. The quantitative estimate of drug-likeness (QED) is 0.402. The molecule has 0 saturated carbocycles. The Morgan fingerprint density at radius 3 is 2.24 bits per heavy atom. The number of aliphatic hydroxyl groups is 1. The first-order valence-corrected chi connectivity index (χ1v) is 10.7. The lowest BCUT2D eigenvalue weighted by Crippen LogP contribution is -2.06. The lowest BCUT2D eigenvalue weighted by atomic mass is 10.1. The van der Waals surface area contributed by atoms with Gasteiger partial charge in [0.05, 0.1) is 17.7 Å². The Hall–Kier alpha value is -2.60. The molecule has 0 radical (unpaired) electrons. The number of rotatable bonds is 7. The Balaban J connectivity index is 1.64. The zero-order valence-corrected chi connectivity index (χ0v) is 17.2. The minimum Gasteiger partial charge on any atom is -0.388 e. The van der Waals surface area contributed by atoms with E-state index in [1.54, 1.807) is 0 Å². The summed E-state index contributed by atoms with van der Waals surface area (Å²) in [5, 5.41) is 20.7. The summed E-state index contributed by atoms with van der Waals surface area (Å²) in [6.07, 6.45) is -0.577. The highest BCUT2D eigenvalue weighted by molar-refractivity contribution is 7.99. The number of hydrogen-bond donors (Lipinski definition) is 1. The number of aliphatic hydroxyl groups excluding tert-OH is 1. The molecule has 146 valence electrons. The van der Waals surface area contributed by atoms with Crippen LogP contribution in [0, 0.1) is 0 Å². The number of halogens is 1. The molecule has 1 aromatic heterocycles. The van der Waals surface area contributed by atoms with Crippen LogP contribution in [0.1, 0.15) is 17.2 Å². The fraction of sp³-hybridized carbons (Fsp3) is 0.130. The van der Waals surface area contributed by atoms with Crippen LogP contribution in [-0.2, 0) is 6.54 Å². The van der Waals surface area contributed by atoms with Crippen LogP contribution in [0.25, 0.3) is 11.4 Å². The molecule has 3 aromatic carbocycles. The predicted molar refractivity (Wildman–Crippen MR) is 118 cm³/mol. The molecule has 4 aromatic rings. The summed E-state index contributed by atoms with van der Waals surface area (Å²) >= 11 is 7.91. The maximum atomic E-state index is 10.5. The molecule has 4 nitrogen and oxygen atoms in total. The molecule has 6 heteroatoms. The molecule has 0 aliphatic heterocycles. The Morgan fingerprint density at radius 1 is 0.862 bits per heavy atom. The van der Waals surface area contributed by atoms with Gasteiger partial charge in [0, 0.05) is 11.3 Å². The van der Waals surface area contributed by atoms with E-state index < -0.39 is 6.10 Å². The van der Waals surface area contributed by atoms with Crippen LogP contribution in [0.5, 0.6) is 0 Å². The molecule has 1 N–H and O–H groups in total. The molecule has 0 spiro atoms. The summed E-state index contributed by atoms with van der Waals surface area (Å²) in [6, 6.07) is 27.5. The van der Waals surface area contributed by atoms with Crippen molar-refractivity contribution in [2.45, 2.75) is 17.8 Å². The van der Waals surface area contributed by atoms with E-state index >= 15 is 0 Å². The Labute approximate surface area is 179 Å². The van der Waals surface area contributed by atoms with E-state index in [0.29, 0.717) is 17.3 Å². The van der Waals surface area contributed by atoms with E-state index in [2.05, 4.69) is 26.9 Å². The second-order valence-corrected chi connectivity index (χ2v) is 7.99. The first kappa shape index (κ1) is 19.7. The second-order valence-electron chi connectivity index (χ2n) is 6.60. The van der Waals surface area contributed by atoms with Gasteiger partial charge in [-0.05, 0) is 23.3 Å². The first-order chi connectivity index (χ1) is 14.2. The second kappa shape index (κ2) is 9.27.